The zero-order chi connectivity index (χ0) is 18.2. The largest absolute Gasteiger partial charge is 0.458 e. The number of carbonyl (C=O) groups is 1. The maximum absolute atomic E-state index is 12.1. The molecule has 3 unspecified atom stereocenters. The molecule has 3 aliphatic carbocycles. The molecule has 0 aromatic carbocycles. The van der Waals surface area contributed by atoms with Crippen LogP contribution in [0.25, 0.3) is 0 Å². The second kappa shape index (κ2) is 4.37. The lowest BCUT2D eigenvalue weighted by Crippen LogP contribution is -2.67. The van der Waals surface area contributed by atoms with E-state index in [0.29, 0.717) is 17.9 Å². The highest BCUT2D eigenvalue weighted by molar-refractivity contribution is 5.93. The first kappa shape index (κ1) is 16.0. The highest BCUT2D eigenvalue weighted by Gasteiger charge is 2.93. The fourth-order valence-corrected chi connectivity index (χ4v) is 7.38. The van der Waals surface area contributed by atoms with Crippen molar-refractivity contribution in [3.63, 3.8) is 0 Å². The van der Waals surface area contributed by atoms with Gasteiger partial charge >= 0.3 is 5.97 Å². The van der Waals surface area contributed by atoms with E-state index in [1.807, 2.05) is 0 Å². The quantitative estimate of drug-likeness (QED) is 0.533. The van der Waals surface area contributed by atoms with Gasteiger partial charge in [0.1, 0.15) is 12.2 Å². The van der Waals surface area contributed by atoms with E-state index in [1.54, 1.807) is 0 Å². The van der Waals surface area contributed by atoms with E-state index < -0.39 is 23.4 Å². The third kappa shape index (κ3) is 1.41. The number of rotatable bonds is 1. The summed E-state index contributed by atoms with van der Waals surface area (Å²) in [6.45, 7) is 6.72. The summed E-state index contributed by atoms with van der Waals surface area (Å²) in [6, 6.07) is 0. The maximum atomic E-state index is 12.1. The van der Waals surface area contributed by atoms with Crippen molar-refractivity contribution in [3.05, 3.63) is 11.1 Å². The van der Waals surface area contributed by atoms with Crippen LogP contribution in [0.15, 0.2) is 11.1 Å². The molecular weight excluding hydrogens is 336 g/mol. The van der Waals surface area contributed by atoms with Crippen molar-refractivity contribution < 1.29 is 29.2 Å². The molecule has 0 amide bonds. The van der Waals surface area contributed by atoms with Gasteiger partial charge in [0, 0.05) is 5.41 Å². The second-order valence-corrected chi connectivity index (χ2v) is 9.77. The van der Waals surface area contributed by atoms with Crippen LogP contribution in [0, 0.1) is 23.2 Å². The maximum Gasteiger partial charge on any atom is 0.337 e. The highest BCUT2D eigenvalue weighted by Crippen LogP contribution is 2.79. The van der Waals surface area contributed by atoms with Gasteiger partial charge in [-0.25, -0.2) is 4.79 Å². The fraction of sp³-hybridized carbons (Fsp3) is 0.850. The Morgan fingerprint density at radius 2 is 1.92 bits per heavy atom. The highest BCUT2D eigenvalue weighted by atomic mass is 16.7. The molecule has 3 heterocycles. The molecule has 6 aliphatic rings. The van der Waals surface area contributed by atoms with Crippen molar-refractivity contribution in [3.8, 4) is 0 Å². The van der Waals surface area contributed by atoms with Gasteiger partial charge in [-0.1, -0.05) is 20.8 Å². The normalized spacial score (nSPS) is 59.1. The van der Waals surface area contributed by atoms with Gasteiger partial charge < -0.3 is 24.4 Å². The van der Waals surface area contributed by atoms with E-state index in [4.69, 9.17) is 14.2 Å². The molecule has 9 atom stereocenters. The van der Waals surface area contributed by atoms with Crippen molar-refractivity contribution in [1.82, 2.24) is 0 Å². The molecule has 2 saturated heterocycles. The van der Waals surface area contributed by atoms with Gasteiger partial charge in [-0.15, -0.1) is 0 Å². The summed E-state index contributed by atoms with van der Waals surface area (Å²) in [5, 5.41) is 22.0. The molecule has 0 bridgehead atoms. The Hall–Kier alpha value is -0.950. The van der Waals surface area contributed by atoms with Crippen molar-refractivity contribution in [1.29, 1.82) is 0 Å². The van der Waals surface area contributed by atoms with Crippen LogP contribution in [0.5, 0.6) is 0 Å². The van der Waals surface area contributed by atoms with Crippen LogP contribution in [-0.4, -0.2) is 58.4 Å². The number of hydrogen-bond donors (Lipinski definition) is 2. The van der Waals surface area contributed by atoms with Crippen LogP contribution >= 0.6 is 0 Å². The number of aliphatic hydroxyl groups is 2. The Kier molecular flexibility index (Phi) is 2.70. The van der Waals surface area contributed by atoms with Crippen molar-refractivity contribution in [2.45, 2.75) is 75.7 Å². The molecule has 6 heteroatoms. The average Bonchev–Trinajstić information content (AvgIpc) is 3.44. The second-order valence-electron chi connectivity index (χ2n) is 9.77. The van der Waals surface area contributed by atoms with Crippen LogP contribution in [0.3, 0.4) is 0 Å². The summed E-state index contributed by atoms with van der Waals surface area (Å²) in [6.07, 6.45) is 0.699. The van der Waals surface area contributed by atoms with E-state index in [1.165, 1.54) is 0 Å². The van der Waals surface area contributed by atoms with Gasteiger partial charge in [0.2, 0.25) is 0 Å². The summed E-state index contributed by atoms with van der Waals surface area (Å²) >= 11 is 0. The summed E-state index contributed by atoms with van der Waals surface area (Å²) < 4.78 is 17.9. The summed E-state index contributed by atoms with van der Waals surface area (Å²) in [5.74, 6) is 0.253. The monoisotopic (exact) mass is 362 g/mol. The van der Waals surface area contributed by atoms with E-state index in [9.17, 15) is 15.0 Å². The SMILES string of the molecule is CC(C)C1C[C@@H]2O[C@@]23[C@@]2(C)C[C@H](O)C4=C(COC4=O)C2C[C@@H]2O[C@@]23C1O. The number of cyclic esters (lactones) is 1. The van der Waals surface area contributed by atoms with E-state index >= 15 is 0 Å². The number of fused-ring (bicyclic) bond motifs is 2. The van der Waals surface area contributed by atoms with Gasteiger partial charge in [0.15, 0.2) is 5.60 Å². The fourth-order valence-electron chi connectivity index (χ4n) is 7.38. The lowest BCUT2D eigenvalue weighted by Gasteiger charge is -2.54. The van der Waals surface area contributed by atoms with Crippen molar-refractivity contribution >= 4 is 5.97 Å². The van der Waals surface area contributed by atoms with Gasteiger partial charge in [-0.2, -0.15) is 0 Å². The molecule has 26 heavy (non-hydrogen) atoms. The van der Waals surface area contributed by atoms with Crippen LogP contribution < -0.4 is 0 Å². The Morgan fingerprint density at radius 1 is 1.15 bits per heavy atom. The number of carbonyl (C=O) groups excluding carboxylic acids is 1. The van der Waals surface area contributed by atoms with Gasteiger partial charge in [-0.05, 0) is 42.6 Å². The first-order valence-corrected chi connectivity index (χ1v) is 9.89. The topological polar surface area (TPSA) is 91.8 Å². The minimum Gasteiger partial charge on any atom is -0.458 e. The van der Waals surface area contributed by atoms with Crippen molar-refractivity contribution in [2.75, 3.05) is 6.61 Å². The summed E-state index contributed by atoms with van der Waals surface area (Å²) in [5.41, 5.74) is -0.157. The molecule has 142 valence electrons. The van der Waals surface area contributed by atoms with Crippen LogP contribution in [0.1, 0.15) is 40.0 Å². The molecule has 6 rings (SSSR count). The van der Waals surface area contributed by atoms with Gasteiger partial charge in [-0.3, -0.25) is 0 Å². The molecule has 3 aliphatic heterocycles. The first-order valence-electron chi connectivity index (χ1n) is 9.89. The number of hydrogen-bond acceptors (Lipinski definition) is 6. The smallest absolute Gasteiger partial charge is 0.337 e. The third-order valence-corrected chi connectivity index (χ3v) is 8.61. The Labute approximate surface area is 152 Å². The summed E-state index contributed by atoms with van der Waals surface area (Å²) in [7, 11) is 0. The van der Waals surface area contributed by atoms with E-state index in [0.717, 1.165) is 18.4 Å². The molecule has 0 aromatic rings. The Balaban J connectivity index is 1.48. The van der Waals surface area contributed by atoms with Crippen molar-refractivity contribution in [2.24, 2.45) is 23.2 Å². The molecule has 0 radical (unpaired) electrons. The van der Waals surface area contributed by atoms with E-state index in [2.05, 4.69) is 20.8 Å². The predicted molar refractivity (Wildman–Crippen MR) is 89.0 cm³/mol. The minimum atomic E-state index is -0.826. The molecule has 4 fully saturated rings. The predicted octanol–water partition coefficient (Wildman–Crippen LogP) is 0.943. The number of ether oxygens (including phenoxy) is 3. The molecular formula is C20H26O6. The zero-order valence-corrected chi connectivity index (χ0v) is 15.4. The van der Waals surface area contributed by atoms with Gasteiger partial charge in [0.25, 0.3) is 0 Å². The van der Waals surface area contributed by atoms with Crippen LogP contribution in [0.4, 0.5) is 0 Å². The zero-order valence-electron chi connectivity index (χ0n) is 15.4. The van der Waals surface area contributed by atoms with Crippen LogP contribution in [0.2, 0.25) is 0 Å². The lowest BCUT2D eigenvalue weighted by molar-refractivity contribution is -0.137. The average molecular weight is 362 g/mol. The molecule has 2 spiro atoms. The molecule has 6 nitrogen and oxygen atoms in total. The number of esters is 1. The summed E-state index contributed by atoms with van der Waals surface area (Å²) in [4.78, 5) is 12.1. The van der Waals surface area contributed by atoms with Gasteiger partial charge in [0.05, 0.1) is 30.0 Å². The lowest BCUT2D eigenvalue weighted by atomic mass is 9.46. The molecule has 0 aromatic heterocycles. The molecule has 2 saturated carbocycles. The standard InChI is InChI=1S/C20H26O6/c1-8(2)9-4-14-20(26-14)18(3)6-12(21)15-10(7-24-17(15)23)11(18)5-13-19(20,25-13)16(9)22/h8-9,11-14,16,21-22H,4-7H2,1-3H3/t9?,11?,12-,13-,14-,16?,18-,19+,20+/m0/s1. The van der Waals surface area contributed by atoms with E-state index in [-0.39, 0.29) is 42.0 Å². The van der Waals surface area contributed by atoms with Crippen LogP contribution in [-0.2, 0) is 19.0 Å². The molecule has 2 N–H and O–H groups in total. The minimum absolute atomic E-state index is 0.0400. The number of aliphatic hydroxyl groups excluding tert-OH is 2. The number of epoxide rings is 2. The Morgan fingerprint density at radius 3 is 2.65 bits per heavy atom. The first-order chi connectivity index (χ1) is 12.3. The third-order valence-electron chi connectivity index (χ3n) is 8.61. The Bertz CT molecular complexity index is 759.